The number of benzene rings is 2. The van der Waals surface area contributed by atoms with Crippen LogP contribution in [0.15, 0.2) is 36.4 Å². The first-order chi connectivity index (χ1) is 16.0. The summed E-state index contributed by atoms with van der Waals surface area (Å²) >= 11 is 0. The number of ether oxygens (including phenoxy) is 3. The Hall–Kier alpha value is -2.37. The van der Waals surface area contributed by atoms with Crippen molar-refractivity contribution in [2.75, 3.05) is 31.3 Å². The molecule has 2 aromatic rings. The minimum absolute atomic E-state index is 0.108. The molecular weight excluding hydrogens is 414 g/mol. The minimum atomic E-state index is -1.28. The molecule has 0 aromatic heterocycles. The van der Waals surface area contributed by atoms with Crippen LogP contribution >= 0.6 is 0 Å². The lowest BCUT2D eigenvalue weighted by Crippen LogP contribution is -2.47. The third-order valence-electron chi connectivity index (χ3n) is 6.53. The molecule has 2 aromatic carbocycles. The zero-order valence-corrected chi connectivity index (χ0v) is 20.5. The summed E-state index contributed by atoms with van der Waals surface area (Å²) in [6, 6.07) is 12.7. The largest absolute Gasteiger partial charge is 0.493 e. The molecule has 0 unspecified atom stereocenters. The highest BCUT2D eigenvalue weighted by molar-refractivity contribution is 6.06. The van der Waals surface area contributed by atoms with Gasteiger partial charge in [0.05, 0.1) is 25.5 Å². The van der Waals surface area contributed by atoms with E-state index >= 15 is 0 Å². The van der Waals surface area contributed by atoms with Crippen molar-refractivity contribution >= 4 is 11.6 Å². The number of fused-ring (bicyclic) bond motifs is 2. The highest BCUT2D eigenvalue weighted by Crippen LogP contribution is 2.45. The first-order valence-electron chi connectivity index (χ1n) is 12.4. The van der Waals surface area contributed by atoms with Gasteiger partial charge in [-0.2, -0.15) is 0 Å². The molecule has 1 spiro atoms. The molecule has 2 aliphatic rings. The molecule has 5 nitrogen and oxygen atoms in total. The van der Waals surface area contributed by atoms with Crippen molar-refractivity contribution in [3.63, 3.8) is 0 Å². The van der Waals surface area contributed by atoms with Crippen LogP contribution in [0.4, 0.5) is 5.69 Å². The van der Waals surface area contributed by atoms with Gasteiger partial charge >= 0.3 is 0 Å². The van der Waals surface area contributed by atoms with E-state index in [0.717, 1.165) is 49.1 Å². The molecule has 5 heteroatoms. The van der Waals surface area contributed by atoms with Crippen molar-refractivity contribution in [3.8, 4) is 5.75 Å². The lowest BCUT2D eigenvalue weighted by Gasteiger charge is -2.32. The number of nitrogens with zero attached hydrogens (tertiary/aromatic N) is 1. The van der Waals surface area contributed by atoms with Crippen molar-refractivity contribution < 1.29 is 19.0 Å². The number of anilines is 1. The van der Waals surface area contributed by atoms with Crippen LogP contribution < -0.4 is 9.64 Å². The third kappa shape index (κ3) is 4.80. The van der Waals surface area contributed by atoms with Crippen LogP contribution in [-0.4, -0.2) is 32.3 Å². The summed E-state index contributed by atoms with van der Waals surface area (Å²) in [4.78, 5) is 15.4. The molecular formula is C28H37NO4. The average molecular weight is 452 g/mol. The maximum absolute atomic E-state index is 13.6. The van der Waals surface area contributed by atoms with Crippen LogP contribution in [0.1, 0.15) is 74.6 Å². The molecule has 1 saturated heterocycles. The summed E-state index contributed by atoms with van der Waals surface area (Å²) < 4.78 is 18.2. The van der Waals surface area contributed by atoms with Gasteiger partial charge in [-0.15, -0.1) is 0 Å². The Morgan fingerprint density at radius 3 is 2.61 bits per heavy atom. The van der Waals surface area contributed by atoms with Crippen molar-refractivity contribution in [1.29, 1.82) is 0 Å². The smallest absolute Gasteiger partial charge is 0.292 e. The van der Waals surface area contributed by atoms with E-state index in [4.69, 9.17) is 14.2 Å². The quantitative estimate of drug-likeness (QED) is 0.448. The Morgan fingerprint density at radius 1 is 1.09 bits per heavy atom. The fourth-order valence-electron chi connectivity index (χ4n) is 4.70. The standard InChI is InChI=1S/C28H37NO4/c1-5-6-9-22-11-13-25-24(19-22)28(32-16-8-17-33-28)27(30)29(25)14-7-15-31-26-18-21(4)10-12-23(26)20(2)3/h10-13,18-20H,5-9,14-17H2,1-4H3. The summed E-state index contributed by atoms with van der Waals surface area (Å²) in [5, 5.41) is 0. The molecule has 0 N–H and O–H groups in total. The Balaban J connectivity index is 1.49. The molecule has 2 heterocycles. The zero-order valence-electron chi connectivity index (χ0n) is 20.5. The molecule has 0 saturated carbocycles. The number of carbonyl (C=O) groups is 1. The number of amides is 1. The van der Waals surface area contributed by atoms with Gasteiger partial charge in [-0.1, -0.05) is 45.4 Å². The predicted molar refractivity (Wildman–Crippen MR) is 131 cm³/mol. The number of hydrogen-bond acceptors (Lipinski definition) is 4. The monoisotopic (exact) mass is 451 g/mol. The molecule has 33 heavy (non-hydrogen) atoms. The van der Waals surface area contributed by atoms with E-state index in [2.05, 4.69) is 64.1 Å². The minimum Gasteiger partial charge on any atom is -0.493 e. The van der Waals surface area contributed by atoms with Gasteiger partial charge in [-0.25, -0.2) is 0 Å². The van der Waals surface area contributed by atoms with Crippen LogP contribution in [0.5, 0.6) is 5.75 Å². The maximum Gasteiger partial charge on any atom is 0.292 e. The van der Waals surface area contributed by atoms with Crippen LogP contribution in [0.2, 0.25) is 0 Å². The molecule has 0 aliphatic carbocycles. The molecule has 0 atom stereocenters. The van der Waals surface area contributed by atoms with Gasteiger partial charge in [0.25, 0.3) is 11.7 Å². The van der Waals surface area contributed by atoms with Crippen LogP contribution in [-0.2, 0) is 26.5 Å². The molecule has 178 valence electrons. The molecule has 2 aliphatic heterocycles. The Labute approximate surface area is 198 Å². The molecule has 0 radical (unpaired) electrons. The molecule has 4 rings (SSSR count). The van der Waals surface area contributed by atoms with Gasteiger partial charge in [-0.05, 0) is 73.4 Å². The van der Waals surface area contributed by atoms with E-state index in [1.165, 1.54) is 16.7 Å². The summed E-state index contributed by atoms with van der Waals surface area (Å²) in [5.41, 5.74) is 5.39. The molecule has 1 amide bonds. The van der Waals surface area contributed by atoms with Crippen LogP contribution in [0, 0.1) is 6.92 Å². The van der Waals surface area contributed by atoms with Gasteiger partial charge < -0.3 is 19.1 Å². The molecule has 0 bridgehead atoms. The fourth-order valence-corrected chi connectivity index (χ4v) is 4.70. The third-order valence-corrected chi connectivity index (χ3v) is 6.53. The van der Waals surface area contributed by atoms with Gasteiger partial charge in [0, 0.05) is 12.1 Å². The van der Waals surface area contributed by atoms with Crippen molar-refractivity contribution in [2.24, 2.45) is 0 Å². The average Bonchev–Trinajstić information content (AvgIpc) is 3.03. The highest BCUT2D eigenvalue weighted by Gasteiger charge is 2.54. The second-order valence-electron chi connectivity index (χ2n) is 9.48. The van der Waals surface area contributed by atoms with E-state index in [1.54, 1.807) is 0 Å². The number of carbonyl (C=O) groups excluding carboxylic acids is 1. The summed E-state index contributed by atoms with van der Waals surface area (Å²) in [7, 11) is 0. The highest BCUT2D eigenvalue weighted by atomic mass is 16.7. The van der Waals surface area contributed by atoms with Crippen LogP contribution in [0.3, 0.4) is 0 Å². The SMILES string of the molecule is CCCCc1ccc2c(c1)C1(OCCCO1)C(=O)N2CCCOc1cc(C)ccc1C(C)C. The zero-order chi connectivity index (χ0) is 23.4. The lowest BCUT2D eigenvalue weighted by molar-refractivity contribution is -0.256. The van der Waals surface area contributed by atoms with E-state index in [-0.39, 0.29) is 5.91 Å². The number of aryl methyl sites for hydroxylation is 2. The maximum atomic E-state index is 13.6. The van der Waals surface area contributed by atoms with Crippen LogP contribution in [0.25, 0.3) is 0 Å². The molecule has 1 fully saturated rings. The van der Waals surface area contributed by atoms with Crippen molar-refractivity contribution in [1.82, 2.24) is 0 Å². The first-order valence-corrected chi connectivity index (χ1v) is 12.4. The second kappa shape index (κ2) is 10.3. The second-order valence-corrected chi connectivity index (χ2v) is 9.48. The number of hydrogen-bond donors (Lipinski definition) is 0. The first kappa shape index (κ1) is 23.8. The van der Waals surface area contributed by atoms with Gasteiger partial charge in [0.1, 0.15) is 5.75 Å². The summed E-state index contributed by atoms with van der Waals surface area (Å²) in [6.45, 7) is 10.8. The summed E-state index contributed by atoms with van der Waals surface area (Å²) in [6.07, 6.45) is 4.79. The van der Waals surface area contributed by atoms with E-state index in [0.29, 0.717) is 32.3 Å². The topological polar surface area (TPSA) is 48.0 Å². The predicted octanol–water partition coefficient (Wildman–Crippen LogP) is 5.87. The van der Waals surface area contributed by atoms with E-state index < -0.39 is 5.79 Å². The normalized spacial score (nSPS) is 17.1. The number of rotatable bonds is 9. The number of unbranched alkanes of at least 4 members (excludes halogenated alkanes) is 1. The van der Waals surface area contributed by atoms with Crippen molar-refractivity contribution in [3.05, 3.63) is 58.7 Å². The van der Waals surface area contributed by atoms with Gasteiger partial charge in [-0.3, -0.25) is 4.79 Å². The van der Waals surface area contributed by atoms with Crippen molar-refractivity contribution in [2.45, 2.75) is 71.5 Å². The summed E-state index contributed by atoms with van der Waals surface area (Å²) in [5.74, 6) is -0.0507. The fraction of sp³-hybridized carbons (Fsp3) is 0.536. The Bertz CT molecular complexity index is 978. The lowest BCUT2D eigenvalue weighted by atomic mass is 10.00. The van der Waals surface area contributed by atoms with Gasteiger partial charge in [0.15, 0.2) is 0 Å². The Kier molecular flexibility index (Phi) is 7.40. The van der Waals surface area contributed by atoms with Gasteiger partial charge in [0.2, 0.25) is 0 Å². The van der Waals surface area contributed by atoms with E-state index in [9.17, 15) is 4.79 Å². The van der Waals surface area contributed by atoms with E-state index in [1.807, 2.05) is 4.90 Å². The Morgan fingerprint density at radius 2 is 1.88 bits per heavy atom.